The second-order valence-corrected chi connectivity index (χ2v) is 5.92. The number of carbonyl (C=O) groups is 1. The monoisotopic (exact) mass is 265 g/mol. The fourth-order valence-electron chi connectivity index (χ4n) is 2.82. The van der Waals surface area contributed by atoms with E-state index >= 15 is 0 Å². The zero-order chi connectivity index (χ0) is 13.8. The fraction of sp³-hybridized carbons (Fsp3) is 0.824. The van der Waals surface area contributed by atoms with Crippen molar-refractivity contribution in [3.63, 3.8) is 0 Å². The standard InChI is InChI=1S/C17H31NO/c18-17(19)16-14-12-10-8-6-4-2-1-3-5-7-9-11-13-15-16/h10,12,16H,1-9,11,13-15H2,(H2,18,19). The summed E-state index contributed by atoms with van der Waals surface area (Å²) in [6, 6.07) is 0. The molecule has 1 aliphatic carbocycles. The van der Waals surface area contributed by atoms with Gasteiger partial charge in [-0.1, -0.05) is 69.9 Å². The van der Waals surface area contributed by atoms with Crippen molar-refractivity contribution in [2.24, 2.45) is 11.7 Å². The first-order chi connectivity index (χ1) is 9.30. The summed E-state index contributed by atoms with van der Waals surface area (Å²) in [6.07, 6.45) is 20.7. The van der Waals surface area contributed by atoms with E-state index in [1.807, 2.05) is 0 Å². The molecule has 0 aromatic rings. The van der Waals surface area contributed by atoms with Crippen LogP contribution in [0, 0.1) is 5.92 Å². The van der Waals surface area contributed by atoms with E-state index in [0.29, 0.717) is 0 Å². The minimum Gasteiger partial charge on any atom is -0.369 e. The van der Waals surface area contributed by atoms with Crippen LogP contribution in [0.4, 0.5) is 0 Å². The molecule has 0 saturated carbocycles. The SMILES string of the molecule is NC(=O)C1CC=CCCCCCCCCCCCC1. The smallest absolute Gasteiger partial charge is 0.220 e. The highest BCUT2D eigenvalue weighted by atomic mass is 16.1. The van der Waals surface area contributed by atoms with Crippen molar-refractivity contribution in [1.82, 2.24) is 0 Å². The molecule has 1 atom stereocenters. The van der Waals surface area contributed by atoms with E-state index in [0.717, 1.165) is 25.7 Å². The van der Waals surface area contributed by atoms with Crippen LogP contribution in [-0.4, -0.2) is 5.91 Å². The molecule has 0 aliphatic heterocycles. The van der Waals surface area contributed by atoms with Crippen molar-refractivity contribution < 1.29 is 4.79 Å². The molecule has 0 saturated heterocycles. The van der Waals surface area contributed by atoms with Crippen molar-refractivity contribution in [3.05, 3.63) is 12.2 Å². The van der Waals surface area contributed by atoms with Gasteiger partial charge in [0.2, 0.25) is 5.91 Å². The third-order valence-corrected chi connectivity index (χ3v) is 4.16. The highest BCUT2D eigenvalue weighted by Crippen LogP contribution is 2.17. The van der Waals surface area contributed by atoms with Crippen LogP contribution in [0.3, 0.4) is 0 Å². The van der Waals surface area contributed by atoms with Gasteiger partial charge < -0.3 is 5.73 Å². The Morgan fingerprint density at radius 2 is 1.32 bits per heavy atom. The van der Waals surface area contributed by atoms with Crippen LogP contribution in [-0.2, 0) is 4.79 Å². The van der Waals surface area contributed by atoms with Gasteiger partial charge in [-0.15, -0.1) is 0 Å². The number of nitrogens with two attached hydrogens (primary N) is 1. The fourth-order valence-corrected chi connectivity index (χ4v) is 2.82. The molecular formula is C17H31NO. The number of allylic oxidation sites excluding steroid dienone is 2. The van der Waals surface area contributed by atoms with Crippen LogP contribution in [0.5, 0.6) is 0 Å². The Hall–Kier alpha value is -0.790. The van der Waals surface area contributed by atoms with Crippen LogP contribution in [0.15, 0.2) is 12.2 Å². The molecule has 2 heteroatoms. The quantitative estimate of drug-likeness (QED) is 0.684. The molecule has 0 bridgehead atoms. The largest absolute Gasteiger partial charge is 0.369 e. The maximum atomic E-state index is 11.4. The van der Waals surface area contributed by atoms with Gasteiger partial charge in [0.05, 0.1) is 0 Å². The Kier molecular flexibility index (Phi) is 9.48. The lowest BCUT2D eigenvalue weighted by Crippen LogP contribution is -2.22. The summed E-state index contributed by atoms with van der Waals surface area (Å²) in [4.78, 5) is 11.4. The molecule has 2 nitrogen and oxygen atoms in total. The first-order valence-electron chi connectivity index (χ1n) is 8.25. The van der Waals surface area contributed by atoms with Gasteiger partial charge >= 0.3 is 0 Å². The van der Waals surface area contributed by atoms with Crippen molar-refractivity contribution in [2.45, 2.75) is 83.5 Å². The average molecular weight is 265 g/mol. The van der Waals surface area contributed by atoms with Crippen molar-refractivity contribution >= 4 is 5.91 Å². The molecule has 2 N–H and O–H groups in total. The van der Waals surface area contributed by atoms with E-state index in [4.69, 9.17) is 5.73 Å². The second-order valence-electron chi connectivity index (χ2n) is 5.92. The van der Waals surface area contributed by atoms with Crippen LogP contribution < -0.4 is 5.73 Å². The van der Waals surface area contributed by atoms with E-state index < -0.39 is 0 Å². The minimum atomic E-state index is -0.120. The Morgan fingerprint density at radius 1 is 0.789 bits per heavy atom. The lowest BCUT2D eigenvalue weighted by atomic mass is 9.95. The molecule has 0 aromatic heterocycles. The van der Waals surface area contributed by atoms with Crippen LogP contribution in [0.1, 0.15) is 83.5 Å². The molecule has 1 amide bonds. The minimum absolute atomic E-state index is 0.0594. The highest BCUT2D eigenvalue weighted by molar-refractivity contribution is 5.76. The van der Waals surface area contributed by atoms with Crippen LogP contribution >= 0.6 is 0 Å². The molecule has 0 radical (unpaired) electrons. The number of rotatable bonds is 1. The first-order valence-corrected chi connectivity index (χ1v) is 8.25. The second kappa shape index (κ2) is 11.1. The summed E-state index contributed by atoms with van der Waals surface area (Å²) in [5, 5.41) is 0. The van der Waals surface area contributed by atoms with Crippen molar-refractivity contribution in [1.29, 1.82) is 0 Å². The zero-order valence-electron chi connectivity index (χ0n) is 12.4. The molecular weight excluding hydrogens is 234 g/mol. The summed E-state index contributed by atoms with van der Waals surface area (Å²) in [6.45, 7) is 0. The molecule has 0 fully saturated rings. The summed E-state index contributed by atoms with van der Waals surface area (Å²) in [7, 11) is 0. The number of primary amides is 1. The van der Waals surface area contributed by atoms with Gasteiger partial charge in [0.1, 0.15) is 0 Å². The molecule has 0 spiro atoms. The Labute approximate surface area is 118 Å². The summed E-state index contributed by atoms with van der Waals surface area (Å²) in [5.74, 6) is -0.0603. The number of amides is 1. The third-order valence-electron chi connectivity index (χ3n) is 4.16. The van der Waals surface area contributed by atoms with Gasteiger partial charge in [-0.05, 0) is 25.7 Å². The predicted octanol–water partition coefficient (Wildman–Crippen LogP) is 4.73. The third kappa shape index (κ3) is 8.85. The van der Waals surface area contributed by atoms with Gasteiger partial charge in [-0.3, -0.25) is 4.79 Å². The van der Waals surface area contributed by atoms with E-state index in [2.05, 4.69) is 12.2 Å². The van der Waals surface area contributed by atoms with Gasteiger partial charge in [0.15, 0.2) is 0 Å². The molecule has 0 aromatic carbocycles. The van der Waals surface area contributed by atoms with Gasteiger partial charge in [-0.2, -0.15) is 0 Å². The maximum absolute atomic E-state index is 11.4. The van der Waals surface area contributed by atoms with Gasteiger partial charge in [0.25, 0.3) is 0 Å². The number of hydrogen-bond acceptors (Lipinski definition) is 1. The average Bonchev–Trinajstić information content (AvgIpc) is 2.38. The summed E-state index contributed by atoms with van der Waals surface area (Å²) < 4.78 is 0. The van der Waals surface area contributed by atoms with Crippen LogP contribution in [0.2, 0.25) is 0 Å². The van der Waals surface area contributed by atoms with Crippen molar-refractivity contribution in [2.75, 3.05) is 0 Å². The Balaban J connectivity index is 2.33. The molecule has 19 heavy (non-hydrogen) atoms. The van der Waals surface area contributed by atoms with E-state index in [9.17, 15) is 4.79 Å². The zero-order valence-corrected chi connectivity index (χ0v) is 12.4. The molecule has 1 unspecified atom stereocenters. The molecule has 1 rings (SSSR count). The van der Waals surface area contributed by atoms with Gasteiger partial charge in [-0.25, -0.2) is 0 Å². The van der Waals surface area contributed by atoms with E-state index in [1.165, 1.54) is 57.8 Å². The predicted molar refractivity (Wildman–Crippen MR) is 81.8 cm³/mol. The Morgan fingerprint density at radius 3 is 1.89 bits per heavy atom. The van der Waals surface area contributed by atoms with E-state index in [1.54, 1.807) is 0 Å². The maximum Gasteiger partial charge on any atom is 0.220 e. The topological polar surface area (TPSA) is 43.1 Å². The summed E-state index contributed by atoms with van der Waals surface area (Å²) >= 11 is 0. The highest BCUT2D eigenvalue weighted by Gasteiger charge is 2.12. The molecule has 0 heterocycles. The van der Waals surface area contributed by atoms with Crippen LogP contribution in [0.25, 0.3) is 0 Å². The lowest BCUT2D eigenvalue weighted by molar-refractivity contribution is -0.121. The van der Waals surface area contributed by atoms with E-state index in [-0.39, 0.29) is 11.8 Å². The number of carbonyl (C=O) groups excluding carboxylic acids is 1. The lowest BCUT2D eigenvalue weighted by Gasteiger charge is -2.11. The number of hydrogen-bond donors (Lipinski definition) is 1. The summed E-state index contributed by atoms with van der Waals surface area (Å²) in [5.41, 5.74) is 5.48. The first kappa shape index (κ1) is 16.3. The molecule has 110 valence electrons. The van der Waals surface area contributed by atoms with Crippen molar-refractivity contribution in [3.8, 4) is 0 Å². The Bertz CT molecular complexity index is 260. The molecule has 1 aliphatic rings. The normalized spacial score (nSPS) is 24.9. The van der Waals surface area contributed by atoms with Gasteiger partial charge in [0, 0.05) is 5.92 Å².